The van der Waals surface area contributed by atoms with Crippen molar-refractivity contribution in [2.75, 3.05) is 53.1 Å². The molecule has 0 radical (unpaired) electrons. The molecule has 4 heterocycles. The van der Waals surface area contributed by atoms with E-state index in [1.54, 1.807) is 18.4 Å². The van der Waals surface area contributed by atoms with Crippen LogP contribution in [0.3, 0.4) is 0 Å². The molecule has 150 valence electrons. The summed E-state index contributed by atoms with van der Waals surface area (Å²) in [6, 6.07) is 2.07. The minimum Gasteiger partial charge on any atom is -0.383 e. The average Bonchev–Trinajstić information content (AvgIpc) is 3.34. The molecule has 6 nitrogen and oxygen atoms in total. The van der Waals surface area contributed by atoms with Gasteiger partial charge >= 0.3 is 0 Å². The Balaban J connectivity index is 1.41. The number of likely N-dealkylation sites (tertiary alicyclic amines) is 1. The predicted molar refractivity (Wildman–Crippen MR) is 105 cm³/mol. The van der Waals surface area contributed by atoms with Crippen LogP contribution >= 0.6 is 11.3 Å². The van der Waals surface area contributed by atoms with Crippen LogP contribution in [0.1, 0.15) is 45.8 Å². The number of nitrogens with zero attached hydrogens (tertiary/aromatic N) is 1. The highest BCUT2D eigenvalue weighted by atomic mass is 32.1. The summed E-state index contributed by atoms with van der Waals surface area (Å²) in [5.74, 6) is -0.00239. The molecule has 0 saturated carbocycles. The molecule has 1 unspecified atom stereocenters. The fraction of sp³-hybridized carbons (Fsp3) is 0.750. The summed E-state index contributed by atoms with van der Waals surface area (Å²) in [5.41, 5.74) is 1.10. The van der Waals surface area contributed by atoms with Crippen molar-refractivity contribution in [3.05, 3.63) is 21.4 Å². The normalized spacial score (nSPS) is 24.9. The Kier molecular flexibility index (Phi) is 6.14. The van der Waals surface area contributed by atoms with Crippen molar-refractivity contribution < 1.29 is 19.0 Å². The first kappa shape index (κ1) is 19.3. The van der Waals surface area contributed by atoms with E-state index in [9.17, 15) is 4.79 Å². The van der Waals surface area contributed by atoms with Gasteiger partial charge in [0.05, 0.1) is 24.2 Å². The zero-order valence-electron chi connectivity index (χ0n) is 16.1. The molecule has 0 aromatic carbocycles. The highest BCUT2D eigenvalue weighted by molar-refractivity contribution is 7.14. The van der Waals surface area contributed by atoms with Gasteiger partial charge in [-0.1, -0.05) is 0 Å². The minimum atomic E-state index is -0.198. The molecular weight excluding hydrogens is 364 g/mol. The first-order chi connectivity index (χ1) is 13.2. The maximum absolute atomic E-state index is 12.4. The van der Waals surface area contributed by atoms with Crippen LogP contribution in [-0.2, 0) is 26.2 Å². The third-order valence-electron chi connectivity index (χ3n) is 5.94. The number of piperidine rings is 1. The number of carbonyl (C=O) groups is 1. The van der Waals surface area contributed by atoms with E-state index >= 15 is 0 Å². The van der Waals surface area contributed by atoms with E-state index in [0.717, 1.165) is 57.0 Å². The predicted octanol–water partition coefficient (Wildman–Crippen LogP) is 2.17. The molecular formula is C20H30N2O4S. The molecule has 1 N–H and O–H groups in total. The standard InChI is InChI=1S/C20H30N2O4S/c1-24-12-7-21-19(23)17-13-15-4-11-26-20(18(15)27-17)5-8-22(9-6-20)14-16-3-2-10-25-16/h13,16H,2-12,14H2,1H3,(H,21,23). The summed E-state index contributed by atoms with van der Waals surface area (Å²) >= 11 is 1.62. The summed E-state index contributed by atoms with van der Waals surface area (Å²) in [6.07, 6.45) is 5.69. The lowest BCUT2D eigenvalue weighted by molar-refractivity contribution is -0.0985. The fourth-order valence-corrected chi connectivity index (χ4v) is 5.76. The largest absolute Gasteiger partial charge is 0.383 e. The zero-order chi connectivity index (χ0) is 18.7. The Morgan fingerprint density at radius 1 is 1.41 bits per heavy atom. The Labute approximate surface area is 165 Å². The molecule has 1 spiro atoms. The molecule has 27 heavy (non-hydrogen) atoms. The number of hydrogen-bond acceptors (Lipinski definition) is 6. The van der Waals surface area contributed by atoms with Gasteiger partial charge in [-0.2, -0.15) is 0 Å². The molecule has 1 amide bonds. The van der Waals surface area contributed by atoms with Gasteiger partial charge in [-0.25, -0.2) is 0 Å². The first-order valence-electron chi connectivity index (χ1n) is 10.1. The lowest BCUT2D eigenvalue weighted by Crippen LogP contribution is -2.47. The number of fused-ring (bicyclic) bond motifs is 2. The van der Waals surface area contributed by atoms with Crippen LogP contribution in [0.2, 0.25) is 0 Å². The zero-order valence-corrected chi connectivity index (χ0v) is 16.9. The van der Waals surface area contributed by atoms with E-state index in [1.807, 2.05) is 0 Å². The quantitative estimate of drug-likeness (QED) is 0.750. The fourth-order valence-electron chi connectivity index (χ4n) is 4.43. The van der Waals surface area contributed by atoms with Crippen molar-refractivity contribution in [1.29, 1.82) is 0 Å². The third-order valence-corrected chi connectivity index (χ3v) is 7.30. The van der Waals surface area contributed by atoms with Gasteiger partial charge in [0.2, 0.25) is 0 Å². The van der Waals surface area contributed by atoms with Gasteiger partial charge < -0.3 is 24.4 Å². The molecule has 4 rings (SSSR count). The Morgan fingerprint density at radius 3 is 3.00 bits per heavy atom. The van der Waals surface area contributed by atoms with Gasteiger partial charge in [0, 0.05) is 44.8 Å². The second-order valence-electron chi connectivity index (χ2n) is 7.74. The number of ether oxygens (including phenoxy) is 3. The van der Waals surface area contributed by atoms with Crippen molar-refractivity contribution in [1.82, 2.24) is 10.2 Å². The molecule has 2 saturated heterocycles. The number of methoxy groups -OCH3 is 1. The second-order valence-corrected chi connectivity index (χ2v) is 8.79. The van der Waals surface area contributed by atoms with Crippen LogP contribution in [0, 0.1) is 0 Å². The smallest absolute Gasteiger partial charge is 0.261 e. The molecule has 2 fully saturated rings. The molecule has 3 aliphatic rings. The number of nitrogens with one attached hydrogen (secondary N) is 1. The summed E-state index contributed by atoms with van der Waals surface area (Å²) in [6.45, 7) is 5.85. The van der Waals surface area contributed by atoms with Gasteiger partial charge in [-0.15, -0.1) is 11.3 Å². The molecule has 0 aliphatic carbocycles. The summed E-state index contributed by atoms with van der Waals surface area (Å²) < 4.78 is 17.2. The number of amides is 1. The molecule has 1 aromatic rings. The molecule has 3 aliphatic heterocycles. The third kappa shape index (κ3) is 4.22. The monoisotopic (exact) mass is 394 g/mol. The van der Waals surface area contributed by atoms with Gasteiger partial charge in [-0.3, -0.25) is 4.79 Å². The minimum absolute atomic E-state index is 0.00239. The van der Waals surface area contributed by atoms with E-state index in [0.29, 0.717) is 19.3 Å². The van der Waals surface area contributed by atoms with E-state index in [1.165, 1.54) is 23.3 Å². The lowest BCUT2D eigenvalue weighted by atomic mass is 9.85. The van der Waals surface area contributed by atoms with Gasteiger partial charge in [0.25, 0.3) is 5.91 Å². The second kappa shape index (κ2) is 8.57. The molecule has 0 bridgehead atoms. The topological polar surface area (TPSA) is 60.0 Å². The van der Waals surface area contributed by atoms with Crippen LogP contribution in [0.15, 0.2) is 6.07 Å². The van der Waals surface area contributed by atoms with Crippen molar-refractivity contribution >= 4 is 17.2 Å². The van der Waals surface area contributed by atoms with Gasteiger partial charge in [-0.05, 0) is 43.7 Å². The van der Waals surface area contributed by atoms with Crippen LogP contribution < -0.4 is 5.32 Å². The Bertz CT molecular complexity index is 648. The first-order valence-corrected chi connectivity index (χ1v) is 10.9. The molecule has 1 aromatic heterocycles. The number of rotatable bonds is 6. The maximum Gasteiger partial charge on any atom is 0.261 e. The van der Waals surface area contributed by atoms with E-state index in [4.69, 9.17) is 14.2 Å². The van der Waals surface area contributed by atoms with Crippen LogP contribution in [0.4, 0.5) is 0 Å². The van der Waals surface area contributed by atoms with Crippen molar-refractivity contribution in [3.63, 3.8) is 0 Å². The average molecular weight is 395 g/mol. The maximum atomic E-state index is 12.4. The number of carbonyl (C=O) groups excluding carboxylic acids is 1. The summed E-state index contributed by atoms with van der Waals surface area (Å²) in [7, 11) is 1.64. The Morgan fingerprint density at radius 2 is 2.26 bits per heavy atom. The van der Waals surface area contributed by atoms with Crippen LogP contribution in [0.25, 0.3) is 0 Å². The van der Waals surface area contributed by atoms with E-state index in [-0.39, 0.29) is 11.5 Å². The number of hydrogen-bond donors (Lipinski definition) is 1. The van der Waals surface area contributed by atoms with Gasteiger partial charge in [0.15, 0.2) is 0 Å². The molecule has 7 heteroatoms. The van der Waals surface area contributed by atoms with Crippen LogP contribution in [-0.4, -0.2) is 70.0 Å². The summed E-state index contributed by atoms with van der Waals surface area (Å²) in [5, 5.41) is 2.93. The lowest BCUT2D eigenvalue weighted by Gasteiger charge is -2.44. The highest BCUT2D eigenvalue weighted by Crippen LogP contribution is 2.45. The van der Waals surface area contributed by atoms with Crippen LogP contribution in [0.5, 0.6) is 0 Å². The van der Waals surface area contributed by atoms with Crippen molar-refractivity contribution in [3.8, 4) is 0 Å². The number of thiophene rings is 1. The molecule has 1 atom stereocenters. The SMILES string of the molecule is COCCNC(=O)c1cc2c(s1)C1(CCN(CC3CCCO3)CC1)OCC2. The van der Waals surface area contributed by atoms with E-state index < -0.39 is 0 Å². The van der Waals surface area contributed by atoms with Crippen molar-refractivity contribution in [2.45, 2.75) is 43.8 Å². The van der Waals surface area contributed by atoms with Crippen molar-refractivity contribution in [2.24, 2.45) is 0 Å². The van der Waals surface area contributed by atoms with E-state index in [2.05, 4.69) is 16.3 Å². The summed E-state index contributed by atoms with van der Waals surface area (Å²) in [4.78, 5) is 17.0. The van der Waals surface area contributed by atoms with Gasteiger partial charge in [0.1, 0.15) is 5.60 Å². The Hall–Kier alpha value is -0.990. The highest BCUT2D eigenvalue weighted by Gasteiger charge is 2.43.